The number of nitrogens with one attached hydrogen (secondary N) is 1. The summed E-state index contributed by atoms with van der Waals surface area (Å²) in [7, 11) is 0. The number of aromatic nitrogens is 2. The molecule has 28 heavy (non-hydrogen) atoms. The number of benzene rings is 3. The van der Waals surface area contributed by atoms with E-state index in [0.29, 0.717) is 33.8 Å². The highest BCUT2D eigenvalue weighted by molar-refractivity contribution is 6.35. The van der Waals surface area contributed by atoms with Crippen molar-refractivity contribution in [1.82, 2.24) is 10.2 Å². The molecule has 0 aliphatic rings. The Morgan fingerprint density at radius 2 is 1.79 bits per heavy atom. The highest BCUT2D eigenvalue weighted by Crippen LogP contribution is 2.31. The largest absolute Gasteiger partial charge is 0.483 e. The molecule has 0 unspecified atom stereocenters. The molecular weight excluding hydrogens is 378 g/mol. The van der Waals surface area contributed by atoms with Crippen LogP contribution in [-0.4, -0.2) is 22.7 Å². The number of para-hydroxylation sites is 1. The predicted octanol–water partition coefficient (Wildman–Crippen LogP) is 4.87. The maximum Gasteiger partial charge on any atom is 0.262 e. The van der Waals surface area contributed by atoms with E-state index in [-0.39, 0.29) is 12.5 Å². The molecular formula is C21H16ClN3O3. The number of rotatable bonds is 5. The second-order valence-electron chi connectivity index (χ2n) is 6.10. The van der Waals surface area contributed by atoms with Crippen molar-refractivity contribution < 1.29 is 13.9 Å². The van der Waals surface area contributed by atoms with Crippen molar-refractivity contribution in [3.05, 3.63) is 71.6 Å². The van der Waals surface area contributed by atoms with Gasteiger partial charge in [0.25, 0.3) is 5.91 Å². The van der Waals surface area contributed by atoms with Crippen molar-refractivity contribution in [2.45, 2.75) is 6.92 Å². The number of hydrogen-bond donors (Lipinski definition) is 1. The molecule has 0 fully saturated rings. The highest BCUT2D eigenvalue weighted by atomic mass is 35.5. The number of carbonyl (C=O) groups excluding carboxylic acids is 1. The lowest BCUT2D eigenvalue weighted by molar-refractivity contribution is -0.118. The number of halogens is 1. The van der Waals surface area contributed by atoms with Crippen LogP contribution in [0, 0.1) is 6.92 Å². The monoisotopic (exact) mass is 393 g/mol. The smallest absolute Gasteiger partial charge is 0.262 e. The van der Waals surface area contributed by atoms with Crippen molar-refractivity contribution in [2.75, 3.05) is 11.9 Å². The minimum Gasteiger partial charge on any atom is -0.483 e. The number of anilines is 1. The van der Waals surface area contributed by atoms with Gasteiger partial charge in [-0.3, -0.25) is 4.79 Å². The zero-order valence-electron chi connectivity index (χ0n) is 15.0. The zero-order chi connectivity index (χ0) is 19.5. The van der Waals surface area contributed by atoms with Gasteiger partial charge in [0.1, 0.15) is 5.75 Å². The molecule has 1 amide bonds. The molecule has 0 saturated heterocycles. The first-order valence-electron chi connectivity index (χ1n) is 8.61. The van der Waals surface area contributed by atoms with Crippen LogP contribution in [-0.2, 0) is 4.79 Å². The second-order valence-corrected chi connectivity index (χ2v) is 6.51. The Kier molecular flexibility index (Phi) is 4.95. The lowest BCUT2D eigenvalue weighted by Gasteiger charge is -2.12. The van der Waals surface area contributed by atoms with E-state index in [1.54, 1.807) is 31.2 Å². The molecule has 1 aromatic heterocycles. The summed E-state index contributed by atoms with van der Waals surface area (Å²) >= 11 is 6.22. The highest BCUT2D eigenvalue weighted by Gasteiger charge is 2.14. The van der Waals surface area contributed by atoms with Crippen molar-refractivity contribution in [3.8, 4) is 17.2 Å². The first-order chi connectivity index (χ1) is 13.6. The molecule has 0 aliphatic heterocycles. The fourth-order valence-electron chi connectivity index (χ4n) is 2.87. The predicted molar refractivity (Wildman–Crippen MR) is 108 cm³/mol. The molecule has 0 radical (unpaired) electrons. The SMILES string of the molecule is Cc1nnc(-c2ccccc2NC(=O)COc2ccc(Cl)c3ccccc23)o1. The van der Waals surface area contributed by atoms with Crippen molar-refractivity contribution in [3.63, 3.8) is 0 Å². The Hall–Kier alpha value is -3.38. The average molecular weight is 394 g/mol. The maximum absolute atomic E-state index is 12.4. The van der Waals surface area contributed by atoms with Gasteiger partial charge in [0.05, 0.1) is 11.3 Å². The lowest BCUT2D eigenvalue weighted by Crippen LogP contribution is -2.20. The average Bonchev–Trinajstić information content (AvgIpc) is 3.14. The third kappa shape index (κ3) is 3.68. The summed E-state index contributed by atoms with van der Waals surface area (Å²) in [4.78, 5) is 12.4. The van der Waals surface area contributed by atoms with Gasteiger partial charge in [-0.2, -0.15) is 0 Å². The Bertz CT molecular complexity index is 1160. The molecule has 1 heterocycles. The number of carbonyl (C=O) groups is 1. The molecule has 0 bridgehead atoms. The van der Waals surface area contributed by atoms with E-state index in [1.807, 2.05) is 36.4 Å². The molecule has 0 atom stereocenters. The number of fused-ring (bicyclic) bond motifs is 1. The van der Waals surface area contributed by atoms with Crippen LogP contribution < -0.4 is 10.1 Å². The van der Waals surface area contributed by atoms with E-state index in [4.69, 9.17) is 20.8 Å². The fourth-order valence-corrected chi connectivity index (χ4v) is 3.10. The third-order valence-corrected chi connectivity index (χ3v) is 4.48. The molecule has 140 valence electrons. The van der Waals surface area contributed by atoms with Crippen LogP contribution in [0.25, 0.3) is 22.2 Å². The van der Waals surface area contributed by atoms with E-state index in [9.17, 15) is 4.79 Å². The summed E-state index contributed by atoms with van der Waals surface area (Å²) in [6.07, 6.45) is 0. The molecule has 4 aromatic rings. The summed E-state index contributed by atoms with van der Waals surface area (Å²) < 4.78 is 11.2. The van der Waals surface area contributed by atoms with Gasteiger partial charge >= 0.3 is 0 Å². The Labute approximate surface area is 166 Å². The number of hydrogen-bond acceptors (Lipinski definition) is 5. The molecule has 6 nitrogen and oxygen atoms in total. The fraction of sp³-hybridized carbons (Fsp3) is 0.0952. The summed E-state index contributed by atoms with van der Waals surface area (Å²) in [6, 6.07) is 18.3. The van der Waals surface area contributed by atoms with Gasteiger partial charge in [0.15, 0.2) is 6.61 Å². The summed E-state index contributed by atoms with van der Waals surface area (Å²) in [6.45, 7) is 1.56. The Morgan fingerprint density at radius 1 is 1.04 bits per heavy atom. The third-order valence-electron chi connectivity index (χ3n) is 4.15. The zero-order valence-corrected chi connectivity index (χ0v) is 15.7. The quantitative estimate of drug-likeness (QED) is 0.523. The molecule has 4 rings (SSSR count). The number of ether oxygens (including phenoxy) is 1. The standard InChI is InChI=1S/C21H16ClN3O3/c1-13-24-25-21(28-13)16-8-4-5-9-18(16)23-20(26)12-27-19-11-10-17(22)14-6-2-3-7-15(14)19/h2-11H,12H2,1H3,(H,23,26). The second kappa shape index (κ2) is 7.70. The molecule has 7 heteroatoms. The van der Waals surface area contributed by atoms with Crippen LogP contribution >= 0.6 is 11.6 Å². The van der Waals surface area contributed by atoms with Gasteiger partial charge in [-0.15, -0.1) is 10.2 Å². The van der Waals surface area contributed by atoms with Crippen LogP contribution in [0.2, 0.25) is 5.02 Å². The molecule has 3 aromatic carbocycles. The maximum atomic E-state index is 12.4. The topological polar surface area (TPSA) is 77.2 Å². The molecule has 0 aliphatic carbocycles. The summed E-state index contributed by atoms with van der Waals surface area (Å²) in [5, 5.41) is 13.0. The lowest BCUT2D eigenvalue weighted by atomic mass is 10.1. The molecule has 1 N–H and O–H groups in total. The minimum atomic E-state index is -0.303. The van der Waals surface area contributed by atoms with Crippen LogP contribution in [0.1, 0.15) is 5.89 Å². The Balaban J connectivity index is 1.50. The van der Waals surface area contributed by atoms with Crippen LogP contribution in [0.3, 0.4) is 0 Å². The van der Waals surface area contributed by atoms with E-state index in [1.165, 1.54) is 0 Å². The van der Waals surface area contributed by atoms with Gasteiger partial charge in [0.2, 0.25) is 11.8 Å². The van der Waals surface area contributed by atoms with E-state index in [0.717, 1.165) is 10.8 Å². The first-order valence-corrected chi connectivity index (χ1v) is 8.99. The van der Waals surface area contributed by atoms with E-state index < -0.39 is 0 Å². The summed E-state index contributed by atoms with van der Waals surface area (Å²) in [5.41, 5.74) is 1.22. The van der Waals surface area contributed by atoms with Gasteiger partial charge in [-0.25, -0.2) is 0 Å². The number of amides is 1. The van der Waals surface area contributed by atoms with Crippen molar-refractivity contribution in [1.29, 1.82) is 0 Å². The number of nitrogens with zero attached hydrogens (tertiary/aromatic N) is 2. The van der Waals surface area contributed by atoms with Gasteiger partial charge in [0, 0.05) is 22.7 Å². The first kappa shape index (κ1) is 18.0. The molecule has 0 saturated carbocycles. The normalized spacial score (nSPS) is 10.8. The Morgan fingerprint density at radius 3 is 2.57 bits per heavy atom. The minimum absolute atomic E-state index is 0.150. The van der Waals surface area contributed by atoms with Crippen molar-refractivity contribution >= 4 is 34.0 Å². The van der Waals surface area contributed by atoms with Gasteiger partial charge in [-0.1, -0.05) is 48.0 Å². The van der Waals surface area contributed by atoms with E-state index in [2.05, 4.69) is 15.5 Å². The van der Waals surface area contributed by atoms with Crippen molar-refractivity contribution in [2.24, 2.45) is 0 Å². The van der Waals surface area contributed by atoms with E-state index >= 15 is 0 Å². The molecule has 0 spiro atoms. The van der Waals surface area contributed by atoms with Crippen LogP contribution in [0.5, 0.6) is 5.75 Å². The summed E-state index contributed by atoms with van der Waals surface area (Å²) in [5.74, 6) is 1.09. The van der Waals surface area contributed by atoms with Crippen LogP contribution in [0.15, 0.2) is 65.1 Å². The van der Waals surface area contributed by atoms with Crippen LogP contribution in [0.4, 0.5) is 5.69 Å². The number of aryl methyl sites for hydroxylation is 1. The van der Waals surface area contributed by atoms with Gasteiger partial charge < -0.3 is 14.5 Å². The van der Waals surface area contributed by atoms with Gasteiger partial charge in [-0.05, 0) is 24.3 Å².